The first-order chi connectivity index (χ1) is 18.4. The zero-order valence-corrected chi connectivity index (χ0v) is 20.9. The Morgan fingerprint density at radius 2 is 2.00 bits per heavy atom. The van der Waals surface area contributed by atoms with E-state index >= 15 is 8.78 Å². The van der Waals surface area contributed by atoms with Crippen molar-refractivity contribution in [2.75, 3.05) is 45.4 Å². The van der Waals surface area contributed by atoms with Crippen LogP contribution in [0.15, 0.2) is 18.3 Å². The van der Waals surface area contributed by atoms with Gasteiger partial charge in [0.25, 0.3) is 0 Å². The molecule has 4 aromatic rings. The van der Waals surface area contributed by atoms with E-state index in [0.717, 1.165) is 6.20 Å². The number of rotatable bonds is 7. The second-order valence-corrected chi connectivity index (χ2v) is 9.66. The highest BCUT2D eigenvalue weighted by Gasteiger charge is 2.36. The minimum atomic E-state index is -1.15. The molecule has 1 aromatic carbocycles. The minimum Gasteiger partial charge on any atom is -0.479 e. The van der Waals surface area contributed by atoms with Crippen LogP contribution in [-0.4, -0.2) is 87.4 Å². The lowest BCUT2D eigenvalue weighted by molar-refractivity contribution is -0.0794. The van der Waals surface area contributed by atoms with Crippen molar-refractivity contribution >= 4 is 22.5 Å². The number of aryl methyl sites for hydroxylation is 2. The van der Waals surface area contributed by atoms with Gasteiger partial charge in [-0.1, -0.05) is 0 Å². The zero-order valence-electron chi connectivity index (χ0n) is 20.9. The summed E-state index contributed by atoms with van der Waals surface area (Å²) in [6.07, 6.45) is 0.523. The molecular weight excluding hydrogens is 506 g/mol. The number of fused-ring (bicyclic) bond motifs is 2. The Kier molecular flexibility index (Phi) is 6.34. The average molecular weight is 534 g/mol. The van der Waals surface area contributed by atoms with E-state index in [-0.39, 0.29) is 53.1 Å². The maximum absolute atomic E-state index is 15.4. The first kappa shape index (κ1) is 24.9. The van der Waals surface area contributed by atoms with E-state index in [1.807, 2.05) is 0 Å². The Hall–Kier alpha value is -3.45. The van der Waals surface area contributed by atoms with Crippen LogP contribution in [0.25, 0.3) is 27.7 Å². The van der Waals surface area contributed by atoms with Crippen LogP contribution in [0.2, 0.25) is 0 Å². The first-order valence-electron chi connectivity index (χ1n) is 12.5. The monoisotopic (exact) mass is 533 g/mol. The molecular formula is C25H27F4N7O2. The van der Waals surface area contributed by atoms with Gasteiger partial charge in [0.05, 0.1) is 56.2 Å². The number of hydrogen-bond acceptors (Lipinski definition) is 7. The van der Waals surface area contributed by atoms with Crippen LogP contribution in [0, 0.1) is 18.6 Å². The van der Waals surface area contributed by atoms with Crippen molar-refractivity contribution in [3.63, 3.8) is 0 Å². The fraction of sp³-hybridized carbons (Fsp3) is 0.480. The number of likely N-dealkylation sites (tertiary alicyclic amines) is 1. The smallest absolute Gasteiger partial charge is 0.244 e. The lowest BCUT2D eigenvalue weighted by Gasteiger charge is -2.42. The van der Waals surface area contributed by atoms with Gasteiger partial charge in [0.1, 0.15) is 29.7 Å². The summed E-state index contributed by atoms with van der Waals surface area (Å²) in [7, 11) is 1.38. The van der Waals surface area contributed by atoms with E-state index in [1.54, 1.807) is 17.6 Å². The Morgan fingerprint density at radius 1 is 1.18 bits per heavy atom. The molecule has 2 atom stereocenters. The highest BCUT2D eigenvalue weighted by atomic mass is 19.1. The average Bonchev–Trinajstić information content (AvgIpc) is 3.35. The van der Waals surface area contributed by atoms with Gasteiger partial charge >= 0.3 is 0 Å². The van der Waals surface area contributed by atoms with E-state index in [9.17, 15) is 8.78 Å². The van der Waals surface area contributed by atoms with Crippen LogP contribution in [0.4, 0.5) is 23.5 Å². The molecule has 0 saturated carbocycles. The summed E-state index contributed by atoms with van der Waals surface area (Å²) >= 11 is 0. The second-order valence-electron chi connectivity index (χ2n) is 9.66. The summed E-state index contributed by atoms with van der Waals surface area (Å²) in [5.41, 5.74) is 0.836. The number of alkyl halides is 2. The lowest BCUT2D eigenvalue weighted by Crippen LogP contribution is -2.57. The predicted octanol–water partition coefficient (Wildman–Crippen LogP) is 3.53. The molecule has 0 amide bonds. The van der Waals surface area contributed by atoms with Crippen LogP contribution in [0.3, 0.4) is 0 Å². The summed E-state index contributed by atoms with van der Waals surface area (Å²) in [6, 6.07) is 2.47. The van der Waals surface area contributed by atoms with Gasteiger partial charge in [-0.3, -0.25) is 4.90 Å². The summed E-state index contributed by atoms with van der Waals surface area (Å²) < 4.78 is 72.0. The van der Waals surface area contributed by atoms with E-state index < -0.39 is 30.5 Å². The van der Waals surface area contributed by atoms with E-state index in [4.69, 9.17) is 9.47 Å². The molecule has 2 fully saturated rings. The van der Waals surface area contributed by atoms with Crippen molar-refractivity contribution < 1.29 is 27.0 Å². The minimum absolute atomic E-state index is 0.00535. The maximum Gasteiger partial charge on any atom is 0.244 e. The van der Waals surface area contributed by atoms with E-state index in [1.165, 1.54) is 17.7 Å². The number of anilines is 1. The standard InChI is InChI=1S/C25H27F4N7O2/c1-13-30-22-16(27)7-14(8-20(22)35(13)6-4-26)21-18(29)10-36-23(21)24(37-2)32-25(33-36)31-19-3-5-34(9-17(19)28)15-11-38-12-15/h7-8,10,15,17,19H,3-6,9,11-12H2,1-2H3,(H,31,33)/t17-,19+/m0/s1. The maximum atomic E-state index is 15.4. The van der Waals surface area contributed by atoms with Crippen molar-refractivity contribution in [3.8, 4) is 17.0 Å². The van der Waals surface area contributed by atoms with E-state index in [2.05, 4.69) is 25.3 Å². The van der Waals surface area contributed by atoms with Gasteiger partial charge in [-0.15, -0.1) is 5.10 Å². The molecule has 2 aliphatic rings. The number of methoxy groups -OCH3 is 1. The summed E-state index contributed by atoms with van der Waals surface area (Å²) in [6.45, 7) is 3.22. The molecule has 3 aromatic heterocycles. The van der Waals surface area contributed by atoms with E-state index in [0.29, 0.717) is 37.5 Å². The molecule has 0 aliphatic carbocycles. The number of nitrogens with zero attached hydrogens (tertiary/aromatic N) is 6. The molecule has 1 N–H and O–H groups in total. The number of aromatic nitrogens is 5. The number of imidazole rings is 1. The largest absolute Gasteiger partial charge is 0.479 e. The summed E-state index contributed by atoms with van der Waals surface area (Å²) in [4.78, 5) is 10.6. The molecule has 2 saturated heterocycles. The molecule has 0 bridgehead atoms. The van der Waals surface area contributed by atoms with Crippen molar-refractivity contribution in [1.29, 1.82) is 0 Å². The third-order valence-electron chi connectivity index (χ3n) is 7.37. The predicted molar refractivity (Wildman–Crippen MR) is 132 cm³/mol. The topological polar surface area (TPSA) is 81.7 Å². The molecule has 9 nitrogen and oxygen atoms in total. The SMILES string of the molecule is COc1nc(N[C@@H]2CCN(C3COC3)C[C@@H]2F)nn2cc(F)c(-c3cc(F)c4nc(C)n(CCF)c4c3)c12. The Balaban J connectivity index is 1.35. The molecule has 2 aliphatic heterocycles. The number of halogens is 4. The third kappa shape index (κ3) is 4.13. The molecule has 13 heteroatoms. The van der Waals surface area contributed by atoms with Gasteiger partial charge in [-0.25, -0.2) is 27.1 Å². The lowest BCUT2D eigenvalue weighted by atomic mass is 10.0. The molecule has 38 heavy (non-hydrogen) atoms. The normalized spacial score (nSPS) is 20.8. The van der Waals surface area contributed by atoms with Crippen LogP contribution in [0.1, 0.15) is 12.2 Å². The van der Waals surface area contributed by atoms with Crippen LogP contribution in [-0.2, 0) is 11.3 Å². The van der Waals surface area contributed by atoms with Gasteiger partial charge in [0.2, 0.25) is 11.8 Å². The second kappa shape index (κ2) is 9.70. The van der Waals surface area contributed by atoms with Gasteiger partial charge in [-0.2, -0.15) is 4.98 Å². The van der Waals surface area contributed by atoms with Gasteiger partial charge in [0.15, 0.2) is 11.6 Å². The Labute approximate surface area is 215 Å². The van der Waals surface area contributed by atoms with Crippen molar-refractivity contribution in [2.24, 2.45) is 0 Å². The molecule has 0 spiro atoms. The van der Waals surface area contributed by atoms with Gasteiger partial charge < -0.3 is 19.4 Å². The van der Waals surface area contributed by atoms with Gasteiger partial charge in [-0.05, 0) is 31.0 Å². The van der Waals surface area contributed by atoms with Gasteiger partial charge in [0, 0.05) is 13.1 Å². The molecule has 0 radical (unpaired) electrons. The van der Waals surface area contributed by atoms with Crippen molar-refractivity contribution in [1.82, 2.24) is 29.0 Å². The van der Waals surface area contributed by atoms with Crippen LogP contribution >= 0.6 is 0 Å². The van der Waals surface area contributed by atoms with Crippen molar-refractivity contribution in [3.05, 3.63) is 35.8 Å². The van der Waals surface area contributed by atoms with Crippen molar-refractivity contribution in [2.45, 2.75) is 38.1 Å². The number of ether oxygens (including phenoxy) is 2. The molecule has 5 heterocycles. The molecule has 6 rings (SSSR count). The Morgan fingerprint density at radius 3 is 2.68 bits per heavy atom. The number of hydrogen-bond donors (Lipinski definition) is 1. The summed E-state index contributed by atoms with van der Waals surface area (Å²) in [5, 5.41) is 7.38. The third-order valence-corrected chi connectivity index (χ3v) is 7.37. The molecule has 202 valence electrons. The van der Waals surface area contributed by atoms with Crippen LogP contribution in [0.5, 0.6) is 5.88 Å². The number of piperidine rings is 1. The van der Waals surface area contributed by atoms with Crippen LogP contribution < -0.4 is 10.1 Å². The quantitative estimate of drug-likeness (QED) is 0.364. The summed E-state index contributed by atoms with van der Waals surface area (Å²) in [5.74, 6) is -0.771. The zero-order chi connectivity index (χ0) is 26.6. The highest BCUT2D eigenvalue weighted by molar-refractivity contribution is 5.90. The number of benzene rings is 1. The fourth-order valence-electron chi connectivity index (χ4n) is 5.33. The highest BCUT2D eigenvalue weighted by Crippen LogP contribution is 2.36. The fourth-order valence-corrected chi connectivity index (χ4v) is 5.33. The molecule has 0 unspecified atom stereocenters. The Bertz CT molecular complexity index is 1500. The number of nitrogens with one attached hydrogen (secondary N) is 1. The first-order valence-corrected chi connectivity index (χ1v) is 12.5.